The summed E-state index contributed by atoms with van der Waals surface area (Å²) < 4.78 is 15.0. The van der Waals surface area contributed by atoms with Gasteiger partial charge in [-0.25, -0.2) is 13.9 Å². The quantitative estimate of drug-likeness (QED) is 0.735. The zero-order valence-electron chi connectivity index (χ0n) is 13.0. The minimum atomic E-state index is -0.667. The van der Waals surface area contributed by atoms with Gasteiger partial charge in [0.25, 0.3) is 0 Å². The number of Topliss-reactive ketones (excluding diaryl/α,β-unsaturated/α-hetero) is 1. The number of benzene rings is 1. The van der Waals surface area contributed by atoms with Crippen molar-refractivity contribution in [3.63, 3.8) is 0 Å². The number of amides is 1. The van der Waals surface area contributed by atoms with Gasteiger partial charge in [-0.3, -0.25) is 9.59 Å². The van der Waals surface area contributed by atoms with Crippen LogP contribution in [0.1, 0.15) is 40.0 Å². The molecular formula is C17H13FN4O2. The van der Waals surface area contributed by atoms with Crippen molar-refractivity contribution in [1.29, 1.82) is 0 Å². The molecular weight excluding hydrogens is 311 g/mol. The van der Waals surface area contributed by atoms with Crippen LogP contribution in [0.4, 0.5) is 10.1 Å². The molecule has 1 aliphatic rings. The van der Waals surface area contributed by atoms with E-state index in [0.717, 1.165) is 5.56 Å². The molecule has 1 amide bonds. The van der Waals surface area contributed by atoms with Crippen LogP contribution in [0.2, 0.25) is 0 Å². The third-order valence-electron chi connectivity index (χ3n) is 4.35. The molecule has 0 spiro atoms. The molecule has 0 aliphatic carbocycles. The first-order valence-electron chi connectivity index (χ1n) is 7.41. The van der Waals surface area contributed by atoms with Gasteiger partial charge in [0.15, 0.2) is 5.78 Å². The van der Waals surface area contributed by atoms with Crippen LogP contribution >= 0.6 is 0 Å². The van der Waals surface area contributed by atoms with Crippen LogP contribution in [0.5, 0.6) is 0 Å². The van der Waals surface area contributed by atoms with Crippen molar-refractivity contribution in [1.82, 2.24) is 14.6 Å². The van der Waals surface area contributed by atoms with Crippen molar-refractivity contribution in [3.05, 3.63) is 58.9 Å². The second kappa shape index (κ2) is 4.95. The Hall–Kier alpha value is -3.09. The lowest BCUT2D eigenvalue weighted by molar-refractivity contribution is -0.116. The number of carbonyl (C=O) groups is 2. The maximum absolute atomic E-state index is 13.4. The van der Waals surface area contributed by atoms with E-state index in [0.29, 0.717) is 28.0 Å². The van der Waals surface area contributed by atoms with Crippen molar-refractivity contribution >= 4 is 22.9 Å². The van der Waals surface area contributed by atoms with Crippen molar-refractivity contribution in [2.75, 3.05) is 5.32 Å². The van der Waals surface area contributed by atoms with E-state index in [1.165, 1.54) is 25.4 Å². The van der Waals surface area contributed by atoms with Gasteiger partial charge in [0.2, 0.25) is 5.91 Å². The molecule has 2 aromatic heterocycles. The molecule has 6 nitrogen and oxygen atoms in total. The third-order valence-corrected chi connectivity index (χ3v) is 4.35. The van der Waals surface area contributed by atoms with E-state index < -0.39 is 11.7 Å². The first-order chi connectivity index (χ1) is 11.5. The van der Waals surface area contributed by atoms with Gasteiger partial charge in [0, 0.05) is 17.4 Å². The lowest BCUT2D eigenvalue weighted by Gasteiger charge is -2.10. The fraction of sp³-hybridized carbons (Fsp3) is 0.176. The molecule has 4 rings (SSSR count). The van der Waals surface area contributed by atoms with Gasteiger partial charge < -0.3 is 5.32 Å². The standard InChI is InChI=1S/C17H13FN4O2/c1-8-12(9(2)23)6-22-16(8)15(19-7-20-22)14-11-4-3-10(18)5-13(11)21-17(14)24/h3-7,14H,1-2H3,(H,21,24). The van der Waals surface area contributed by atoms with Crippen LogP contribution in [0, 0.1) is 12.7 Å². The van der Waals surface area contributed by atoms with E-state index in [4.69, 9.17) is 0 Å². The third kappa shape index (κ3) is 1.94. The van der Waals surface area contributed by atoms with Gasteiger partial charge in [-0.15, -0.1) is 0 Å². The Balaban J connectivity index is 1.98. The molecule has 120 valence electrons. The molecule has 0 fully saturated rings. The Labute approximate surface area is 136 Å². The first kappa shape index (κ1) is 14.5. The summed E-state index contributed by atoms with van der Waals surface area (Å²) in [5.74, 6) is -1.44. The van der Waals surface area contributed by atoms with Gasteiger partial charge in [0.1, 0.15) is 18.1 Å². The van der Waals surface area contributed by atoms with Gasteiger partial charge in [-0.2, -0.15) is 5.10 Å². The van der Waals surface area contributed by atoms with Gasteiger partial charge in [0.05, 0.1) is 11.2 Å². The van der Waals surface area contributed by atoms with E-state index in [-0.39, 0.29) is 11.7 Å². The number of rotatable bonds is 2. The number of hydrogen-bond donors (Lipinski definition) is 1. The summed E-state index contributed by atoms with van der Waals surface area (Å²) in [5.41, 5.74) is 3.48. The molecule has 0 saturated carbocycles. The number of aromatic nitrogens is 3. The van der Waals surface area contributed by atoms with Gasteiger partial charge in [-0.1, -0.05) is 6.07 Å². The van der Waals surface area contributed by atoms with Crippen molar-refractivity contribution in [2.45, 2.75) is 19.8 Å². The summed E-state index contributed by atoms with van der Waals surface area (Å²) in [7, 11) is 0. The first-order valence-corrected chi connectivity index (χ1v) is 7.41. The highest BCUT2D eigenvalue weighted by Gasteiger charge is 2.35. The molecule has 0 radical (unpaired) electrons. The predicted molar refractivity (Wildman–Crippen MR) is 84.6 cm³/mol. The summed E-state index contributed by atoms with van der Waals surface area (Å²) in [6.07, 6.45) is 2.98. The fourth-order valence-electron chi connectivity index (χ4n) is 3.26. The average molecular weight is 324 g/mol. The molecule has 1 atom stereocenters. The van der Waals surface area contributed by atoms with Crippen LogP contribution < -0.4 is 5.32 Å². The minimum Gasteiger partial charge on any atom is -0.325 e. The smallest absolute Gasteiger partial charge is 0.238 e. The monoisotopic (exact) mass is 324 g/mol. The molecule has 1 unspecified atom stereocenters. The molecule has 3 aromatic rings. The van der Waals surface area contributed by atoms with E-state index >= 15 is 0 Å². The zero-order valence-corrected chi connectivity index (χ0v) is 13.0. The summed E-state index contributed by atoms with van der Waals surface area (Å²) in [4.78, 5) is 28.6. The van der Waals surface area contributed by atoms with Crippen LogP contribution in [0.15, 0.2) is 30.7 Å². The van der Waals surface area contributed by atoms with Crippen LogP contribution in [0.3, 0.4) is 0 Å². The van der Waals surface area contributed by atoms with Crippen molar-refractivity contribution < 1.29 is 14.0 Å². The lowest BCUT2D eigenvalue weighted by Crippen LogP contribution is -2.16. The molecule has 1 aromatic carbocycles. The second-order valence-electron chi connectivity index (χ2n) is 5.82. The maximum Gasteiger partial charge on any atom is 0.238 e. The van der Waals surface area contributed by atoms with Crippen molar-refractivity contribution in [3.8, 4) is 0 Å². The molecule has 24 heavy (non-hydrogen) atoms. The molecule has 0 bridgehead atoms. The SMILES string of the molecule is CC(=O)c1cn2ncnc(C3C(=O)Nc4cc(F)ccc43)c2c1C. The highest BCUT2D eigenvalue weighted by Crippen LogP contribution is 2.39. The lowest BCUT2D eigenvalue weighted by atomic mass is 9.95. The highest BCUT2D eigenvalue weighted by molar-refractivity contribution is 6.06. The largest absolute Gasteiger partial charge is 0.325 e. The van der Waals surface area contributed by atoms with Gasteiger partial charge in [-0.05, 0) is 37.1 Å². The molecule has 7 heteroatoms. The molecule has 1 aliphatic heterocycles. The zero-order chi connectivity index (χ0) is 17.0. The van der Waals surface area contributed by atoms with Crippen molar-refractivity contribution in [2.24, 2.45) is 0 Å². The Morgan fingerprint density at radius 1 is 1.38 bits per heavy atom. The number of fused-ring (bicyclic) bond motifs is 2. The normalized spacial score (nSPS) is 16.3. The van der Waals surface area contributed by atoms with Gasteiger partial charge >= 0.3 is 0 Å². The topological polar surface area (TPSA) is 76.4 Å². The van der Waals surface area contributed by atoms with E-state index in [9.17, 15) is 14.0 Å². The van der Waals surface area contributed by atoms with E-state index in [1.807, 2.05) is 0 Å². The number of anilines is 1. The Bertz CT molecular complexity index is 1020. The number of nitrogens with one attached hydrogen (secondary N) is 1. The number of ketones is 1. The molecule has 0 saturated heterocycles. The number of hydrogen-bond acceptors (Lipinski definition) is 4. The number of nitrogens with zero attached hydrogens (tertiary/aromatic N) is 3. The number of halogens is 1. The van der Waals surface area contributed by atoms with Crippen LogP contribution in [0.25, 0.3) is 5.52 Å². The summed E-state index contributed by atoms with van der Waals surface area (Å²) in [6, 6.07) is 4.18. The van der Waals surface area contributed by atoms with Crippen LogP contribution in [-0.4, -0.2) is 26.3 Å². The number of carbonyl (C=O) groups excluding carboxylic acids is 2. The van der Waals surface area contributed by atoms with E-state index in [1.54, 1.807) is 23.7 Å². The fourth-order valence-corrected chi connectivity index (χ4v) is 3.26. The average Bonchev–Trinajstić information content (AvgIpc) is 3.04. The van der Waals surface area contributed by atoms with Crippen LogP contribution in [-0.2, 0) is 4.79 Å². The maximum atomic E-state index is 13.4. The highest BCUT2D eigenvalue weighted by atomic mass is 19.1. The summed E-state index contributed by atoms with van der Waals surface area (Å²) >= 11 is 0. The van der Waals surface area contributed by atoms with E-state index in [2.05, 4.69) is 15.4 Å². The Morgan fingerprint density at radius 2 is 2.17 bits per heavy atom. The molecule has 1 N–H and O–H groups in total. The Morgan fingerprint density at radius 3 is 2.92 bits per heavy atom. The Kier molecular flexibility index (Phi) is 2.99. The minimum absolute atomic E-state index is 0.0812. The molecule has 3 heterocycles. The predicted octanol–water partition coefficient (Wildman–Crippen LogP) is 2.46. The second-order valence-corrected chi connectivity index (χ2v) is 5.82. The summed E-state index contributed by atoms with van der Waals surface area (Å²) in [5, 5.41) is 6.82. The summed E-state index contributed by atoms with van der Waals surface area (Å²) in [6.45, 7) is 3.28. The number of aryl methyl sites for hydroxylation is 1.